The Kier molecular flexibility index (Phi) is 3.88. The molecule has 0 radical (unpaired) electrons. The third-order valence-corrected chi connectivity index (χ3v) is 5.34. The average molecular weight is 352 g/mol. The maximum absolute atomic E-state index is 13.0. The molecule has 4 rings (SSSR count). The van der Waals surface area contributed by atoms with Crippen LogP contribution in [0.1, 0.15) is 19.3 Å². The van der Waals surface area contributed by atoms with Crippen molar-refractivity contribution in [3.05, 3.63) is 59.0 Å². The summed E-state index contributed by atoms with van der Waals surface area (Å²) in [5.41, 5.74) is 5.69. The molecule has 2 saturated heterocycles. The quantitative estimate of drug-likeness (QED) is 0.830. The van der Waals surface area contributed by atoms with Gasteiger partial charge in [0.15, 0.2) is 5.54 Å². The molecule has 0 spiro atoms. The standard InChI is InChI=1S/C19H20N4O3/c20-17(25)19-10-2-4-11-21(19)13-23(18(19)26)15-8-6-14(7-9-15)22-12-3-1-5-16(22)24/h1,3,5-9,12H,2,4,10-11,13H2,(H2,20,25)/t19-/m0/s1. The van der Waals surface area contributed by atoms with Crippen molar-refractivity contribution in [2.24, 2.45) is 5.73 Å². The number of piperidine rings is 1. The fourth-order valence-electron chi connectivity index (χ4n) is 3.94. The predicted octanol–water partition coefficient (Wildman–Crippen LogP) is 0.852. The molecule has 1 aromatic heterocycles. The van der Waals surface area contributed by atoms with E-state index in [1.165, 1.54) is 10.6 Å². The number of anilines is 1. The Hall–Kier alpha value is -2.93. The van der Waals surface area contributed by atoms with Crippen molar-refractivity contribution in [2.75, 3.05) is 18.1 Å². The number of aromatic nitrogens is 1. The van der Waals surface area contributed by atoms with Gasteiger partial charge in [-0.15, -0.1) is 0 Å². The third kappa shape index (κ3) is 2.35. The van der Waals surface area contributed by atoms with Gasteiger partial charge in [0, 0.05) is 30.2 Å². The third-order valence-electron chi connectivity index (χ3n) is 5.34. The molecular weight excluding hydrogens is 332 g/mol. The van der Waals surface area contributed by atoms with Crippen LogP contribution in [-0.4, -0.2) is 40.0 Å². The summed E-state index contributed by atoms with van der Waals surface area (Å²) in [6.07, 6.45) is 3.93. The van der Waals surface area contributed by atoms with Crippen LogP contribution in [0, 0.1) is 0 Å². The first kappa shape index (κ1) is 16.5. The molecule has 0 unspecified atom stereocenters. The fraction of sp³-hybridized carbons (Fsp3) is 0.316. The van der Waals surface area contributed by atoms with Crippen molar-refractivity contribution in [1.29, 1.82) is 0 Å². The molecule has 2 aliphatic rings. The second-order valence-electron chi connectivity index (χ2n) is 6.74. The zero-order chi connectivity index (χ0) is 18.3. The van der Waals surface area contributed by atoms with E-state index in [9.17, 15) is 14.4 Å². The van der Waals surface area contributed by atoms with Crippen molar-refractivity contribution in [3.8, 4) is 5.69 Å². The summed E-state index contributed by atoms with van der Waals surface area (Å²) in [7, 11) is 0. The molecular formula is C19H20N4O3. The van der Waals surface area contributed by atoms with Crippen molar-refractivity contribution in [1.82, 2.24) is 9.47 Å². The molecule has 26 heavy (non-hydrogen) atoms. The van der Waals surface area contributed by atoms with Gasteiger partial charge in [-0.2, -0.15) is 0 Å². The maximum Gasteiger partial charge on any atom is 0.258 e. The molecule has 2 amide bonds. The largest absolute Gasteiger partial charge is 0.368 e. The lowest BCUT2D eigenvalue weighted by Gasteiger charge is -2.36. The van der Waals surface area contributed by atoms with E-state index in [4.69, 9.17) is 5.73 Å². The lowest BCUT2D eigenvalue weighted by molar-refractivity contribution is -0.140. The van der Waals surface area contributed by atoms with Crippen LogP contribution in [0.15, 0.2) is 53.5 Å². The minimum atomic E-state index is -1.21. The number of carbonyl (C=O) groups excluding carboxylic acids is 2. The van der Waals surface area contributed by atoms with Gasteiger partial charge in [-0.1, -0.05) is 6.07 Å². The van der Waals surface area contributed by atoms with Crippen LogP contribution in [0.4, 0.5) is 5.69 Å². The number of benzene rings is 1. The number of rotatable bonds is 3. The van der Waals surface area contributed by atoms with Gasteiger partial charge in [-0.05, 0) is 49.6 Å². The number of amides is 2. The van der Waals surface area contributed by atoms with Crippen molar-refractivity contribution in [2.45, 2.75) is 24.8 Å². The summed E-state index contributed by atoms with van der Waals surface area (Å²) in [5, 5.41) is 0. The zero-order valence-electron chi connectivity index (χ0n) is 14.3. The zero-order valence-corrected chi connectivity index (χ0v) is 14.3. The molecule has 0 saturated carbocycles. The summed E-state index contributed by atoms with van der Waals surface area (Å²) in [6, 6.07) is 12.1. The number of hydrogen-bond acceptors (Lipinski definition) is 4. The van der Waals surface area contributed by atoms with E-state index in [0.29, 0.717) is 31.0 Å². The maximum atomic E-state index is 13.0. The normalized spacial score (nSPS) is 23.1. The summed E-state index contributed by atoms with van der Waals surface area (Å²) in [4.78, 5) is 40.6. The van der Waals surface area contributed by atoms with Gasteiger partial charge in [0.05, 0.1) is 6.67 Å². The monoisotopic (exact) mass is 352 g/mol. The highest BCUT2D eigenvalue weighted by molar-refractivity contribution is 6.17. The second-order valence-corrected chi connectivity index (χ2v) is 6.74. The van der Waals surface area contributed by atoms with Crippen molar-refractivity contribution >= 4 is 17.5 Å². The fourth-order valence-corrected chi connectivity index (χ4v) is 3.94. The van der Waals surface area contributed by atoms with E-state index in [-0.39, 0.29) is 11.5 Å². The SMILES string of the molecule is NC(=O)[C@]12CCCCN1CN(c1ccc(-n3ccccc3=O)cc1)C2=O. The van der Waals surface area contributed by atoms with Gasteiger partial charge in [0.25, 0.3) is 11.5 Å². The molecule has 2 aliphatic heterocycles. The van der Waals surface area contributed by atoms with E-state index in [0.717, 1.165) is 12.8 Å². The van der Waals surface area contributed by atoms with Crippen LogP contribution in [0.25, 0.3) is 5.69 Å². The summed E-state index contributed by atoms with van der Waals surface area (Å²) < 4.78 is 1.53. The van der Waals surface area contributed by atoms with E-state index in [1.807, 2.05) is 4.90 Å². The van der Waals surface area contributed by atoms with E-state index in [1.54, 1.807) is 47.5 Å². The van der Waals surface area contributed by atoms with Crippen LogP contribution in [-0.2, 0) is 9.59 Å². The molecule has 7 nitrogen and oxygen atoms in total. The summed E-state index contributed by atoms with van der Waals surface area (Å²) >= 11 is 0. The van der Waals surface area contributed by atoms with Crippen molar-refractivity contribution < 1.29 is 9.59 Å². The van der Waals surface area contributed by atoms with Crippen LogP contribution in [0.2, 0.25) is 0 Å². The first-order valence-electron chi connectivity index (χ1n) is 8.69. The first-order valence-corrected chi connectivity index (χ1v) is 8.69. The molecule has 1 aromatic carbocycles. The first-order chi connectivity index (χ1) is 12.5. The van der Waals surface area contributed by atoms with E-state index < -0.39 is 11.4 Å². The minimum Gasteiger partial charge on any atom is -0.368 e. The van der Waals surface area contributed by atoms with E-state index >= 15 is 0 Å². The molecule has 2 aromatic rings. The molecule has 1 atom stereocenters. The average Bonchev–Trinajstić information content (AvgIpc) is 2.97. The van der Waals surface area contributed by atoms with Crippen LogP contribution < -0.4 is 16.2 Å². The Bertz CT molecular complexity index is 921. The van der Waals surface area contributed by atoms with Gasteiger partial charge < -0.3 is 5.73 Å². The molecule has 2 fully saturated rings. The topological polar surface area (TPSA) is 88.6 Å². The number of fused-ring (bicyclic) bond motifs is 1. The smallest absolute Gasteiger partial charge is 0.258 e. The lowest BCUT2D eigenvalue weighted by Crippen LogP contribution is -2.60. The highest BCUT2D eigenvalue weighted by Gasteiger charge is 2.57. The Balaban J connectivity index is 1.66. The molecule has 7 heteroatoms. The minimum absolute atomic E-state index is 0.123. The summed E-state index contributed by atoms with van der Waals surface area (Å²) in [6.45, 7) is 1.04. The molecule has 0 bridgehead atoms. The molecule has 0 aliphatic carbocycles. The number of primary amides is 1. The van der Waals surface area contributed by atoms with E-state index in [2.05, 4.69) is 0 Å². The van der Waals surface area contributed by atoms with Gasteiger partial charge >= 0.3 is 0 Å². The molecule has 2 N–H and O–H groups in total. The van der Waals surface area contributed by atoms with Crippen LogP contribution >= 0.6 is 0 Å². The number of hydrogen-bond donors (Lipinski definition) is 1. The Labute approximate surface area is 150 Å². The Morgan fingerprint density at radius 1 is 1.00 bits per heavy atom. The number of pyridine rings is 1. The second kappa shape index (κ2) is 6.10. The highest BCUT2D eigenvalue weighted by Crippen LogP contribution is 2.37. The van der Waals surface area contributed by atoms with Crippen LogP contribution in [0.3, 0.4) is 0 Å². The lowest BCUT2D eigenvalue weighted by atomic mass is 9.86. The number of nitrogens with two attached hydrogens (primary N) is 1. The van der Waals surface area contributed by atoms with Gasteiger partial charge in [-0.25, -0.2) is 0 Å². The van der Waals surface area contributed by atoms with Gasteiger partial charge in [0.1, 0.15) is 0 Å². The highest BCUT2D eigenvalue weighted by atomic mass is 16.2. The molecule has 134 valence electrons. The van der Waals surface area contributed by atoms with Crippen LogP contribution in [0.5, 0.6) is 0 Å². The number of carbonyl (C=O) groups is 2. The van der Waals surface area contributed by atoms with Gasteiger partial charge in [0.2, 0.25) is 5.91 Å². The summed E-state index contributed by atoms with van der Waals surface area (Å²) in [5.74, 6) is -0.827. The van der Waals surface area contributed by atoms with Gasteiger partial charge in [-0.3, -0.25) is 28.8 Å². The number of nitrogens with zero attached hydrogens (tertiary/aromatic N) is 3. The molecule has 3 heterocycles. The Morgan fingerprint density at radius 2 is 1.73 bits per heavy atom. The van der Waals surface area contributed by atoms with Crippen molar-refractivity contribution in [3.63, 3.8) is 0 Å². The Morgan fingerprint density at radius 3 is 2.38 bits per heavy atom. The predicted molar refractivity (Wildman–Crippen MR) is 96.9 cm³/mol.